The van der Waals surface area contributed by atoms with Crippen LogP contribution in [0.4, 0.5) is 5.69 Å². The summed E-state index contributed by atoms with van der Waals surface area (Å²) in [4.78, 5) is 40.6. The number of aromatic nitrogens is 2. The van der Waals surface area contributed by atoms with Crippen molar-refractivity contribution in [3.63, 3.8) is 0 Å². The molecule has 26 heavy (non-hydrogen) atoms. The van der Waals surface area contributed by atoms with Crippen molar-refractivity contribution in [2.45, 2.75) is 13.0 Å². The van der Waals surface area contributed by atoms with Crippen LogP contribution >= 0.6 is 0 Å². The maximum absolute atomic E-state index is 12.5. The highest BCUT2D eigenvalue weighted by atomic mass is 16.2. The monoisotopic (exact) mass is 350 g/mol. The highest BCUT2D eigenvalue weighted by Gasteiger charge is 2.11. The molecule has 2 amide bonds. The van der Waals surface area contributed by atoms with Crippen molar-refractivity contribution in [3.8, 4) is 0 Å². The number of nitrogens with zero attached hydrogens (tertiary/aromatic N) is 2. The molecule has 0 unspecified atom stereocenters. The number of para-hydroxylation sites is 2. The molecule has 0 aliphatic heterocycles. The van der Waals surface area contributed by atoms with E-state index >= 15 is 0 Å². The zero-order valence-electron chi connectivity index (χ0n) is 14.2. The molecule has 0 radical (unpaired) electrons. The maximum atomic E-state index is 12.5. The predicted molar refractivity (Wildman–Crippen MR) is 98.8 cm³/mol. The number of amides is 2. The lowest BCUT2D eigenvalue weighted by molar-refractivity contribution is -0.120. The number of anilines is 1. The first-order valence-corrected chi connectivity index (χ1v) is 8.11. The van der Waals surface area contributed by atoms with Crippen LogP contribution in [-0.2, 0) is 22.6 Å². The summed E-state index contributed by atoms with van der Waals surface area (Å²) in [6, 6.07) is 14.0. The molecule has 7 heteroatoms. The van der Waals surface area contributed by atoms with E-state index in [4.69, 9.17) is 0 Å². The number of rotatable bonds is 5. The Balaban J connectivity index is 1.79. The number of hydrogen-bond acceptors (Lipinski definition) is 4. The van der Waals surface area contributed by atoms with E-state index in [1.54, 1.807) is 55.6 Å². The summed E-state index contributed by atoms with van der Waals surface area (Å²) in [5.74, 6) is -0.518. The number of carbonyl (C=O) groups excluding carboxylic acids is 2. The van der Waals surface area contributed by atoms with Gasteiger partial charge in [0.25, 0.3) is 5.56 Å². The molecule has 3 aromatic rings. The first-order valence-electron chi connectivity index (χ1n) is 8.11. The number of fused-ring (bicyclic) bond motifs is 1. The van der Waals surface area contributed by atoms with Gasteiger partial charge < -0.3 is 10.6 Å². The molecule has 1 heterocycles. The molecule has 2 aromatic carbocycles. The van der Waals surface area contributed by atoms with Crippen LogP contribution in [0.1, 0.15) is 5.56 Å². The van der Waals surface area contributed by atoms with Gasteiger partial charge in [-0.3, -0.25) is 19.0 Å². The van der Waals surface area contributed by atoms with E-state index in [1.807, 2.05) is 0 Å². The minimum Gasteiger partial charge on any atom is -0.359 e. The van der Waals surface area contributed by atoms with Gasteiger partial charge in [0, 0.05) is 12.7 Å². The molecular weight excluding hydrogens is 332 g/mol. The standard InChI is InChI=1S/C19H18N4O3/c1-20-17(24)10-13-6-2-4-8-15(13)22-18(25)11-23-12-21-16-9-5-3-7-14(16)19(23)26/h2-9,12H,10-11H2,1H3,(H,20,24)(H,22,25). The van der Waals surface area contributed by atoms with Gasteiger partial charge in [-0.15, -0.1) is 0 Å². The lowest BCUT2D eigenvalue weighted by atomic mass is 10.1. The normalized spacial score (nSPS) is 10.5. The number of benzene rings is 2. The molecule has 7 nitrogen and oxygen atoms in total. The second-order valence-electron chi connectivity index (χ2n) is 5.75. The van der Waals surface area contributed by atoms with E-state index in [9.17, 15) is 14.4 Å². The van der Waals surface area contributed by atoms with Crippen molar-refractivity contribution in [3.05, 3.63) is 70.8 Å². The van der Waals surface area contributed by atoms with Gasteiger partial charge in [0.2, 0.25) is 11.8 Å². The molecule has 0 fully saturated rings. The number of carbonyl (C=O) groups is 2. The van der Waals surface area contributed by atoms with Crippen molar-refractivity contribution in [1.82, 2.24) is 14.9 Å². The van der Waals surface area contributed by atoms with E-state index in [1.165, 1.54) is 10.9 Å². The van der Waals surface area contributed by atoms with Gasteiger partial charge in [0.05, 0.1) is 23.7 Å². The molecule has 0 atom stereocenters. The fraction of sp³-hybridized carbons (Fsp3) is 0.158. The first kappa shape index (κ1) is 17.3. The van der Waals surface area contributed by atoms with Crippen molar-refractivity contribution >= 4 is 28.4 Å². The Bertz CT molecular complexity index is 1030. The molecule has 0 saturated heterocycles. The lowest BCUT2D eigenvalue weighted by Gasteiger charge is -2.11. The molecule has 0 bridgehead atoms. The van der Waals surface area contributed by atoms with E-state index < -0.39 is 0 Å². The van der Waals surface area contributed by atoms with Crippen molar-refractivity contribution in [2.24, 2.45) is 0 Å². The number of likely N-dealkylation sites (N-methyl/N-ethyl adjacent to an activating group) is 1. The molecule has 132 valence electrons. The van der Waals surface area contributed by atoms with Crippen molar-refractivity contribution in [2.75, 3.05) is 12.4 Å². The third kappa shape index (κ3) is 3.77. The van der Waals surface area contributed by atoms with Crippen LogP contribution in [0.15, 0.2) is 59.7 Å². The average Bonchev–Trinajstić information content (AvgIpc) is 2.65. The van der Waals surface area contributed by atoms with Gasteiger partial charge in [0.15, 0.2) is 0 Å². The summed E-state index contributed by atoms with van der Waals surface area (Å²) in [5.41, 5.74) is 1.56. The fourth-order valence-electron chi connectivity index (χ4n) is 2.62. The molecule has 0 aliphatic rings. The summed E-state index contributed by atoms with van der Waals surface area (Å²) < 4.78 is 1.26. The highest BCUT2D eigenvalue weighted by molar-refractivity contribution is 5.92. The molecule has 2 N–H and O–H groups in total. The summed E-state index contributed by atoms with van der Waals surface area (Å²) in [5, 5.41) is 5.77. The Morgan fingerprint density at radius 3 is 2.58 bits per heavy atom. The van der Waals surface area contributed by atoms with Crippen LogP contribution in [0, 0.1) is 0 Å². The number of nitrogens with one attached hydrogen (secondary N) is 2. The predicted octanol–water partition coefficient (Wildman–Crippen LogP) is 1.32. The van der Waals surface area contributed by atoms with E-state index in [0.717, 1.165) is 0 Å². The van der Waals surface area contributed by atoms with Crippen LogP contribution in [0.3, 0.4) is 0 Å². The SMILES string of the molecule is CNC(=O)Cc1ccccc1NC(=O)Cn1cnc2ccccc2c1=O. The summed E-state index contributed by atoms with van der Waals surface area (Å²) in [6.45, 7) is -0.162. The Morgan fingerprint density at radius 2 is 1.77 bits per heavy atom. The van der Waals surface area contributed by atoms with Gasteiger partial charge in [-0.1, -0.05) is 30.3 Å². The Labute approximate surface area is 149 Å². The smallest absolute Gasteiger partial charge is 0.261 e. The van der Waals surface area contributed by atoms with Gasteiger partial charge in [-0.05, 0) is 23.8 Å². The van der Waals surface area contributed by atoms with Crippen LogP contribution < -0.4 is 16.2 Å². The second-order valence-corrected chi connectivity index (χ2v) is 5.75. The lowest BCUT2D eigenvalue weighted by Crippen LogP contribution is -2.28. The molecule has 0 saturated carbocycles. The van der Waals surface area contributed by atoms with Crippen LogP contribution in [0.25, 0.3) is 10.9 Å². The van der Waals surface area contributed by atoms with Gasteiger partial charge in [-0.2, -0.15) is 0 Å². The van der Waals surface area contributed by atoms with Crippen LogP contribution in [-0.4, -0.2) is 28.4 Å². The Kier molecular flexibility index (Phi) is 5.07. The molecule has 0 spiro atoms. The largest absolute Gasteiger partial charge is 0.359 e. The minimum atomic E-state index is -0.367. The Morgan fingerprint density at radius 1 is 1.04 bits per heavy atom. The van der Waals surface area contributed by atoms with Gasteiger partial charge in [0.1, 0.15) is 6.54 Å². The zero-order valence-corrected chi connectivity index (χ0v) is 14.2. The second kappa shape index (κ2) is 7.60. The van der Waals surface area contributed by atoms with Crippen LogP contribution in [0.5, 0.6) is 0 Å². The van der Waals surface area contributed by atoms with Crippen LogP contribution in [0.2, 0.25) is 0 Å². The third-order valence-corrected chi connectivity index (χ3v) is 3.97. The van der Waals surface area contributed by atoms with Crippen molar-refractivity contribution < 1.29 is 9.59 Å². The van der Waals surface area contributed by atoms with Gasteiger partial charge in [-0.25, -0.2) is 4.98 Å². The average molecular weight is 350 g/mol. The first-order chi connectivity index (χ1) is 12.6. The summed E-state index contributed by atoms with van der Waals surface area (Å²) in [6.07, 6.45) is 1.52. The number of hydrogen-bond donors (Lipinski definition) is 2. The molecule has 0 aliphatic carbocycles. The molecule has 1 aromatic heterocycles. The maximum Gasteiger partial charge on any atom is 0.261 e. The summed E-state index contributed by atoms with van der Waals surface area (Å²) in [7, 11) is 1.56. The Hall–Kier alpha value is -3.48. The zero-order chi connectivity index (χ0) is 18.5. The topological polar surface area (TPSA) is 93.1 Å². The molecule has 3 rings (SSSR count). The van der Waals surface area contributed by atoms with Crippen molar-refractivity contribution in [1.29, 1.82) is 0 Å². The highest BCUT2D eigenvalue weighted by Crippen LogP contribution is 2.15. The van der Waals surface area contributed by atoms with E-state index in [-0.39, 0.29) is 30.3 Å². The minimum absolute atomic E-state index is 0.151. The van der Waals surface area contributed by atoms with E-state index in [0.29, 0.717) is 22.2 Å². The van der Waals surface area contributed by atoms with E-state index in [2.05, 4.69) is 15.6 Å². The quantitative estimate of drug-likeness (QED) is 0.726. The fourth-order valence-corrected chi connectivity index (χ4v) is 2.62. The summed E-state index contributed by atoms with van der Waals surface area (Å²) >= 11 is 0. The molecular formula is C19H18N4O3. The third-order valence-electron chi connectivity index (χ3n) is 3.97. The van der Waals surface area contributed by atoms with Gasteiger partial charge >= 0.3 is 0 Å².